The molecule has 0 spiro atoms. The summed E-state index contributed by atoms with van der Waals surface area (Å²) in [5.41, 5.74) is 0.461. The maximum Gasteiger partial charge on any atom is 0.253 e. The average Bonchev–Trinajstić information content (AvgIpc) is 3.43. The summed E-state index contributed by atoms with van der Waals surface area (Å²) in [6, 6.07) is 9.63. The van der Waals surface area contributed by atoms with Gasteiger partial charge in [-0.3, -0.25) is 4.79 Å². The Morgan fingerprint density at radius 1 is 1.16 bits per heavy atom. The van der Waals surface area contributed by atoms with Crippen LogP contribution in [0, 0.1) is 17.6 Å². The van der Waals surface area contributed by atoms with Crippen molar-refractivity contribution in [3.63, 3.8) is 0 Å². The van der Waals surface area contributed by atoms with Crippen LogP contribution < -0.4 is 4.74 Å². The lowest BCUT2D eigenvalue weighted by Crippen LogP contribution is -2.35. The van der Waals surface area contributed by atoms with E-state index in [2.05, 4.69) is 0 Å². The second kappa shape index (κ2) is 7.19. The maximum absolute atomic E-state index is 13.2. The molecule has 4 nitrogen and oxygen atoms in total. The number of carbonyl (C=O) groups excluding carboxylic acids is 1. The third kappa shape index (κ3) is 4.33. The highest BCUT2D eigenvalue weighted by molar-refractivity contribution is 5.94. The van der Waals surface area contributed by atoms with Crippen LogP contribution in [0.2, 0.25) is 0 Å². The van der Waals surface area contributed by atoms with Crippen molar-refractivity contribution in [2.24, 2.45) is 5.92 Å². The lowest BCUT2D eigenvalue weighted by atomic mass is 10.1. The third-order valence-electron chi connectivity index (χ3n) is 4.20. The van der Waals surface area contributed by atoms with Crippen molar-refractivity contribution in [2.45, 2.75) is 18.9 Å². The van der Waals surface area contributed by atoms with Crippen molar-refractivity contribution < 1.29 is 23.4 Å². The van der Waals surface area contributed by atoms with E-state index in [4.69, 9.17) is 4.74 Å². The van der Waals surface area contributed by atoms with E-state index in [1.165, 1.54) is 11.0 Å². The second-order valence-corrected chi connectivity index (χ2v) is 6.29. The molecule has 1 fully saturated rings. The summed E-state index contributed by atoms with van der Waals surface area (Å²) in [7, 11) is 1.65. The molecule has 2 aromatic carbocycles. The van der Waals surface area contributed by atoms with Crippen LogP contribution in [0.4, 0.5) is 8.78 Å². The van der Waals surface area contributed by atoms with E-state index in [0.29, 0.717) is 23.8 Å². The predicted octanol–water partition coefficient (Wildman–Crippen LogP) is 3.60. The summed E-state index contributed by atoms with van der Waals surface area (Å²) in [5.74, 6) is -1.24. The largest absolute Gasteiger partial charge is 0.457 e. The van der Waals surface area contributed by atoms with Gasteiger partial charge >= 0.3 is 0 Å². The Morgan fingerprint density at radius 2 is 1.80 bits per heavy atom. The predicted molar refractivity (Wildman–Crippen MR) is 88.6 cm³/mol. The van der Waals surface area contributed by atoms with E-state index >= 15 is 0 Å². The SMILES string of the molecule is CN(CC(O)C1CC1)C(=O)c1ccc(Oc2ccc(F)c(F)c2)cc1. The van der Waals surface area contributed by atoms with Crippen LogP contribution in [-0.4, -0.2) is 35.6 Å². The first kappa shape index (κ1) is 17.4. The molecule has 0 heterocycles. The topological polar surface area (TPSA) is 49.8 Å². The van der Waals surface area contributed by atoms with Crippen molar-refractivity contribution >= 4 is 5.91 Å². The zero-order valence-electron chi connectivity index (χ0n) is 13.8. The molecule has 1 aliphatic carbocycles. The van der Waals surface area contributed by atoms with Gasteiger partial charge in [-0.25, -0.2) is 8.78 Å². The van der Waals surface area contributed by atoms with Gasteiger partial charge in [0.05, 0.1) is 6.10 Å². The molecule has 6 heteroatoms. The molecule has 2 aromatic rings. The number of halogens is 2. The fourth-order valence-corrected chi connectivity index (χ4v) is 2.56. The first-order valence-corrected chi connectivity index (χ1v) is 8.10. The van der Waals surface area contributed by atoms with Crippen molar-refractivity contribution in [3.8, 4) is 11.5 Å². The number of hydrogen-bond acceptors (Lipinski definition) is 3. The van der Waals surface area contributed by atoms with Gasteiger partial charge in [0.25, 0.3) is 5.91 Å². The lowest BCUT2D eigenvalue weighted by molar-refractivity contribution is 0.0645. The van der Waals surface area contributed by atoms with Gasteiger partial charge in [0.2, 0.25) is 0 Å². The van der Waals surface area contributed by atoms with Crippen LogP contribution in [0.5, 0.6) is 11.5 Å². The summed E-state index contributed by atoms with van der Waals surface area (Å²) >= 11 is 0. The minimum atomic E-state index is -0.986. The summed E-state index contributed by atoms with van der Waals surface area (Å²) in [6.07, 6.45) is 1.54. The Labute approximate surface area is 144 Å². The monoisotopic (exact) mass is 347 g/mol. The molecule has 1 unspecified atom stereocenters. The van der Waals surface area contributed by atoms with Crippen molar-refractivity contribution in [3.05, 3.63) is 59.7 Å². The molecule has 0 aromatic heterocycles. The molecule has 0 bridgehead atoms. The second-order valence-electron chi connectivity index (χ2n) is 6.29. The number of carbonyl (C=O) groups is 1. The average molecular weight is 347 g/mol. The Hall–Kier alpha value is -2.47. The number of aliphatic hydroxyl groups excluding tert-OH is 1. The van der Waals surface area contributed by atoms with E-state index < -0.39 is 17.7 Å². The van der Waals surface area contributed by atoms with Crippen LogP contribution in [0.1, 0.15) is 23.2 Å². The summed E-state index contributed by atoms with van der Waals surface area (Å²) in [6.45, 7) is 0.302. The summed E-state index contributed by atoms with van der Waals surface area (Å²) in [4.78, 5) is 13.9. The molecule has 1 amide bonds. The third-order valence-corrected chi connectivity index (χ3v) is 4.20. The van der Waals surface area contributed by atoms with E-state index in [-0.39, 0.29) is 11.7 Å². The molecule has 1 aliphatic rings. The molecule has 0 saturated heterocycles. The standard InChI is InChI=1S/C19H19F2NO3/c1-22(11-18(23)12-2-3-12)19(24)13-4-6-14(7-5-13)25-15-8-9-16(20)17(21)10-15/h4-10,12,18,23H,2-3,11H2,1H3. The van der Waals surface area contributed by atoms with Crippen LogP contribution in [0.15, 0.2) is 42.5 Å². The highest BCUT2D eigenvalue weighted by Gasteiger charge is 2.31. The quantitative estimate of drug-likeness (QED) is 0.869. The Balaban J connectivity index is 1.62. The number of rotatable bonds is 6. The van der Waals surface area contributed by atoms with Crippen LogP contribution in [0.3, 0.4) is 0 Å². The number of benzene rings is 2. The van der Waals surface area contributed by atoms with Gasteiger partial charge in [0, 0.05) is 25.2 Å². The zero-order valence-corrected chi connectivity index (χ0v) is 13.8. The number of ether oxygens (including phenoxy) is 1. The van der Waals surface area contributed by atoms with Crippen molar-refractivity contribution in [2.75, 3.05) is 13.6 Å². The van der Waals surface area contributed by atoms with Gasteiger partial charge in [0.1, 0.15) is 11.5 Å². The van der Waals surface area contributed by atoms with Crippen LogP contribution >= 0.6 is 0 Å². The number of hydrogen-bond donors (Lipinski definition) is 1. The van der Waals surface area contributed by atoms with E-state index in [0.717, 1.165) is 25.0 Å². The van der Waals surface area contributed by atoms with Gasteiger partial charge in [-0.15, -0.1) is 0 Å². The first-order chi connectivity index (χ1) is 11.9. The van der Waals surface area contributed by atoms with E-state index in [9.17, 15) is 18.7 Å². The Morgan fingerprint density at radius 3 is 2.40 bits per heavy atom. The molecule has 3 rings (SSSR count). The molecule has 1 atom stereocenters. The Bertz CT molecular complexity index is 760. The fourth-order valence-electron chi connectivity index (χ4n) is 2.56. The first-order valence-electron chi connectivity index (χ1n) is 8.10. The number of aliphatic hydroxyl groups is 1. The molecule has 132 valence electrons. The van der Waals surface area contributed by atoms with Crippen molar-refractivity contribution in [1.82, 2.24) is 4.90 Å². The smallest absolute Gasteiger partial charge is 0.253 e. The molecular weight excluding hydrogens is 328 g/mol. The van der Waals surface area contributed by atoms with Gasteiger partial charge in [0.15, 0.2) is 11.6 Å². The van der Waals surface area contributed by atoms with Crippen molar-refractivity contribution in [1.29, 1.82) is 0 Å². The van der Waals surface area contributed by atoms with Crippen LogP contribution in [-0.2, 0) is 0 Å². The summed E-state index contributed by atoms with van der Waals surface area (Å²) < 4.78 is 31.5. The number of likely N-dealkylation sites (N-methyl/N-ethyl adjacent to an activating group) is 1. The number of amides is 1. The molecule has 0 aliphatic heterocycles. The molecule has 0 radical (unpaired) electrons. The number of nitrogens with zero attached hydrogens (tertiary/aromatic N) is 1. The van der Waals surface area contributed by atoms with Gasteiger partial charge in [-0.05, 0) is 55.2 Å². The van der Waals surface area contributed by atoms with Crippen LogP contribution in [0.25, 0.3) is 0 Å². The minimum Gasteiger partial charge on any atom is -0.457 e. The van der Waals surface area contributed by atoms with Gasteiger partial charge < -0.3 is 14.7 Å². The normalized spacial score (nSPS) is 14.9. The van der Waals surface area contributed by atoms with E-state index in [1.54, 1.807) is 31.3 Å². The van der Waals surface area contributed by atoms with Gasteiger partial charge in [-0.2, -0.15) is 0 Å². The maximum atomic E-state index is 13.2. The zero-order chi connectivity index (χ0) is 18.0. The molecule has 1 N–H and O–H groups in total. The highest BCUT2D eigenvalue weighted by Crippen LogP contribution is 2.33. The minimum absolute atomic E-state index is 0.169. The molecular formula is C19H19F2NO3. The molecule has 1 saturated carbocycles. The van der Waals surface area contributed by atoms with E-state index in [1.807, 2.05) is 0 Å². The highest BCUT2D eigenvalue weighted by atomic mass is 19.2. The molecule has 25 heavy (non-hydrogen) atoms. The Kier molecular flexibility index (Phi) is 4.99. The van der Waals surface area contributed by atoms with Gasteiger partial charge in [-0.1, -0.05) is 0 Å². The fraction of sp³-hybridized carbons (Fsp3) is 0.316. The summed E-state index contributed by atoms with van der Waals surface area (Å²) in [5, 5.41) is 9.93. The lowest BCUT2D eigenvalue weighted by Gasteiger charge is -2.21.